The summed E-state index contributed by atoms with van der Waals surface area (Å²) in [5.74, 6) is 0.628. The molecule has 41 heavy (non-hydrogen) atoms. The Labute approximate surface area is 242 Å². The first kappa shape index (κ1) is 31.9. The summed E-state index contributed by atoms with van der Waals surface area (Å²) in [7, 11) is 0. The van der Waals surface area contributed by atoms with Gasteiger partial charge in [0.05, 0.1) is 24.4 Å². The van der Waals surface area contributed by atoms with Crippen molar-refractivity contribution in [2.75, 3.05) is 26.8 Å². The van der Waals surface area contributed by atoms with E-state index in [2.05, 4.69) is 44.3 Å². The smallest absolute Gasteiger partial charge is 0.338 e. The zero-order chi connectivity index (χ0) is 29.6. The lowest BCUT2D eigenvalue weighted by Crippen LogP contribution is -2.14. The number of aliphatic hydroxyl groups excluding tert-OH is 2. The van der Waals surface area contributed by atoms with Crippen molar-refractivity contribution in [2.45, 2.75) is 64.2 Å². The van der Waals surface area contributed by atoms with Crippen LogP contribution in [0.1, 0.15) is 69.8 Å². The zero-order valence-corrected chi connectivity index (χ0v) is 23.9. The van der Waals surface area contributed by atoms with Gasteiger partial charge >= 0.3 is 11.9 Å². The molecule has 0 unspecified atom stereocenters. The van der Waals surface area contributed by atoms with E-state index in [1.165, 1.54) is 56.9 Å². The van der Waals surface area contributed by atoms with Crippen molar-refractivity contribution < 1.29 is 38.7 Å². The Kier molecular flexibility index (Phi) is 12.9. The third kappa shape index (κ3) is 10.1. The van der Waals surface area contributed by atoms with Crippen molar-refractivity contribution in [3.8, 4) is 22.6 Å². The first-order chi connectivity index (χ1) is 19.8. The second-order valence-electron chi connectivity index (χ2n) is 10.4. The number of hydrogen-bond acceptors (Lipinski definition) is 8. The van der Waals surface area contributed by atoms with E-state index in [1.807, 2.05) is 0 Å². The summed E-state index contributed by atoms with van der Waals surface area (Å²) in [6.07, 6.45) is 10.3. The Morgan fingerprint density at radius 1 is 0.780 bits per heavy atom. The fourth-order valence-corrected chi connectivity index (χ4v) is 4.96. The van der Waals surface area contributed by atoms with Gasteiger partial charge in [0.15, 0.2) is 0 Å². The molecule has 0 amide bonds. The molecule has 2 aromatic carbocycles. The predicted octanol–water partition coefficient (Wildman–Crippen LogP) is 6.06. The monoisotopic (exact) mass is 566 g/mol. The van der Waals surface area contributed by atoms with E-state index in [1.54, 1.807) is 18.2 Å². The van der Waals surface area contributed by atoms with Crippen LogP contribution in [-0.2, 0) is 19.1 Å². The van der Waals surface area contributed by atoms with Gasteiger partial charge in [0.1, 0.15) is 11.5 Å². The second-order valence-corrected chi connectivity index (χ2v) is 10.4. The molecule has 0 bridgehead atoms. The summed E-state index contributed by atoms with van der Waals surface area (Å²) in [5, 5.41) is 18.1. The maximum Gasteiger partial charge on any atom is 0.338 e. The molecule has 0 saturated heterocycles. The minimum Gasteiger partial charge on any atom is -0.457 e. The first-order valence-corrected chi connectivity index (χ1v) is 14.3. The number of unbranched alkanes of at least 4 members (excludes halogenated alkanes) is 2. The van der Waals surface area contributed by atoms with Crippen LogP contribution in [-0.4, -0.2) is 49.0 Å². The van der Waals surface area contributed by atoms with Gasteiger partial charge in [-0.15, -0.1) is 0 Å². The van der Waals surface area contributed by atoms with Gasteiger partial charge in [0, 0.05) is 6.07 Å². The molecule has 0 heterocycles. The highest BCUT2D eigenvalue weighted by Gasteiger charge is 2.22. The van der Waals surface area contributed by atoms with E-state index in [0.717, 1.165) is 17.0 Å². The molecular formula is C33H42O8. The average Bonchev–Trinajstić information content (AvgIpc) is 3.00. The molecule has 2 aromatic rings. The molecule has 0 aliphatic heterocycles. The second kappa shape index (κ2) is 16.6. The normalized spacial score (nSPS) is 16.5. The van der Waals surface area contributed by atoms with Crippen LogP contribution in [0.5, 0.6) is 11.5 Å². The molecule has 8 heteroatoms. The largest absolute Gasteiger partial charge is 0.457 e. The van der Waals surface area contributed by atoms with Crippen LogP contribution in [0.3, 0.4) is 0 Å². The van der Waals surface area contributed by atoms with Crippen molar-refractivity contribution in [1.29, 1.82) is 0 Å². The molecule has 1 saturated carbocycles. The van der Waals surface area contributed by atoms with Crippen LogP contribution in [0.2, 0.25) is 0 Å². The van der Waals surface area contributed by atoms with Crippen LogP contribution in [0, 0.1) is 5.92 Å². The summed E-state index contributed by atoms with van der Waals surface area (Å²) < 4.78 is 21.2. The summed E-state index contributed by atoms with van der Waals surface area (Å²) in [5.41, 5.74) is 2.91. The number of rotatable bonds is 16. The van der Waals surface area contributed by atoms with Crippen molar-refractivity contribution in [3.05, 3.63) is 72.3 Å². The highest BCUT2D eigenvalue weighted by Crippen LogP contribution is 2.39. The molecule has 0 radical (unpaired) electrons. The minimum atomic E-state index is -0.762. The van der Waals surface area contributed by atoms with Crippen LogP contribution < -0.4 is 9.47 Å². The highest BCUT2D eigenvalue weighted by molar-refractivity contribution is 5.88. The highest BCUT2D eigenvalue weighted by atomic mass is 16.7. The standard InChI is InChI=1S/C33H42O8/c1-4-5-6-7-25-8-10-26(11-9-25)27-12-14-28(15-13-27)29-16-30(38-21-40-32(36)23(2)19-34)18-31(17-29)39-22-41-33(37)24(3)20-35/h12-18,25-26,34-35H,2-11,19-22H2,1H3. The molecule has 1 aliphatic rings. The molecule has 1 aliphatic carbocycles. The van der Waals surface area contributed by atoms with Gasteiger partial charge in [-0.1, -0.05) is 70.0 Å². The molecule has 8 nitrogen and oxygen atoms in total. The quantitative estimate of drug-likeness (QED) is 0.109. The van der Waals surface area contributed by atoms with E-state index in [0.29, 0.717) is 17.4 Å². The van der Waals surface area contributed by atoms with Gasteiger partial charge in [-0.3, -0.25) is 0 Å². The van der Waals surface area contributed by atoms with Gasteiger partial charge in [-0.25, -0.2) is 9.59 Å². The summed E-state index contributed by atoms with van der Waals surface area (Å²) in [4.78, 5) is 23.6. The zero-order valence-electron chi connectivity index (χ0n) is 23.9. The van der Waals surface area contributed by atoms with Gasteiger partial charge < -0.3 is 29.2 Å². The van der Waals surface area contributed by atoms with E-state index in [4.69, 9.17) is 29.2 Å². The van der Waals surface area contributed by atoms with Crippen LogP contribution in [0.15, 0.2) is 66.8 Å². The Morgan fingerprint density at radius 3 is 1.80 bits per heavy atom. The first-order valence-electron chi connectivity index (χ1n) is 14.3. The minimum absolute atomic E-state index is 0.0808. The molecule has 3 rings (SSSR count). The van der Waals surface area contributed by atoms with Crippen molar-refractivity contribution in [2.24, 2.45) is 5.92 Å². The molecule has 0 atom stereocenters. The number of aliphatic hydroxyl groups is 2. The third-order valence-corrected chi connectivity index (χ3v) is 7.45. The Bertz CT molecular complexity index is 1110. The Hall–Kier alpha value is -3.62. The summed E-state index contributed by atoms with van der Waals surface area (Å²) in [6.45, 7) is 7.30. The van der Waals surface area contributed by atoms with Crippen LogP contribution >= 0.6 is 0 Å². The number of esters is 2. The van der Waals surface area contributed by atoms with Crippen LogP contribution in [0.4, 0.5) is 0 Å². The summed E-state index contributed by atoms with van der Waals surface area (Å²) in [6, 6.07) is 13.6. The lowest BCUT2D eigenvalue weighted by Gasteiger charge is -2.29. The van der Waals surface area contributed by atoms with Crippen LogP contribution in [0.25, 0.3) is 11.1 Å². The maximum atomic E-state index is 11.8. The number of benzene rings is 2. The molecular weight excluding hydrogens is 524 g/mol. The SMILES string of the molecule is C=C(CO)C(=O)OCOc1cc(OCOC(=O)C(=C)CO)cc(-c2ccc(C3CCC(CCCCC)CC3)cc2)c1. The lowest BCUT2D eigenvalue weighted by atomic mass is 9.77. The fourth-order valence-electron chi connectivity index (χ4n) is 4.96. The predicted molar refractivity (Wildman–Crippen MR) is 156 cm³/mol. The average molecular weight is 567 g/mol. The third-order valence-electron chi connectivity index (χ3n) is 7.45. The van der Waals surface area contributed by atoms with Crippen molar-refractivity contribution >= 4 is 11.9 Å². The van der Waals surface area contributed by atoms with E-state index >= 15 is 0 Å². The number of hydrogen-bond donors (Lipinski definition) is 2. The lowest BCUT2D eigenvalue weighted by molar-refractivity contribution is -0.146. The molecule has 0 spiro atoms. The molecule has 1 fully saturated rings. The number of carbonyl (C=O) groups is 2. The topological polar surface area (TPSA) is 112 Å². The summed E-state index contributed by atoms with van der Waals surface area (Å²) >= 11 is 0. The van der Waals surface area contributed by atoms with Gasteiger partial charge in [0.25, 0.3) is 0 Å². The number of carbonyl (C=O) groups excluding carboxylic acids is 2. The van der Waals surface area contributed by atoms with Crippen molar-refractivity contribution in [3.63, 3.8) is 0 Å². The van der Waals surface area contributed by atoms with E-state index < -0.39 is 38.7 Å². The molecule has 0 aromatic heterocycles. The Morgan fingerprint density at radius 2 is 1.32 bits per heavy atom. The maximum absolute atomic E-state index is 11.8. The molecule has 2 N–H and O–H groups in total. The van der Waals surface area contributed by atoms with Gasteiger partial charge in [-0.05, 0) is 66.3 Å². The van der Waals surface area contributed by atoms with E-state index in [9.17, 15) is 9.59 Å². The van der Waals surface area contributed by atoms with Gasteiger partial charge in [-0.2, -0.15) is 0 Å². The van der Waals surface area contributed by atoms with E-state index in [-0.39, 0.29) is 11.1 Å². The Balaban J connectivity index is 1.69. The van der Waals surface area contributed by atoms with Crippen molar-refractivity contribution in [1.82, 2.24) is 0 Å². The fraction of sp³-hybridized carbons (Fsp3) is 0.455. The molecule has 222 valence electrons. The van der Waals surface area contributed by atoms with Gasteiger partial charge in [0.2, 0.25) is 13.6 Å². The number of ether oxygens (including phenoxy) is 4.